The smallest absolute Gasteiger partial charge is 0.139 e. The van der Waals surface area contributed by atoms with Gasteiger partial charge in [0.25, 0.3) is 0 Å². The van der Waals surface area contributed by atoms with Crippen LogP contribution in [0.4, 0.5) is 0 Å². The van der Waals surface area contributed by atoms with Gasteiger partial charge < -0.3 is 16.3 Å². The molecule has 0 saturated heterocycles. The van der Waals surface area contributed by atoms with Crippen molar-refractivity contribution in [2.45, 2.75) is 39.2 Å². The molecule has 0 amide bonds. The molecule has 1 aromatic carbocycles. The van der Waals surface area contributed by atoms with Gasteiger partial charge in [0, 0.05) is 12.5 Å². The number of oxime groups is 1. The summed E-state index contributed by atoms with van der Waals surface area (Å²) < 4.78 is 0. The lowest BCUT2D eigenvalue weighted by Gasteiger charge is -2.14. The van der Waals surface area contributed by atoms with E-state index in [0.717, 1.165) is 19.4 Å². The molecule has 1 rings (SSSR count). The quantitative estimate of drug-likeness (QED) is 0.229. The maximum Gasteiger partial charge on any atom is 0.139 e. The van der Waals surface area contributed by atoms with Crippen LogP contribution in [0.2, 0.25) is 0 Å². The van der Waals surface area contributed by atoms with E-state index in [1.807, 2.05) is 0 Å². The van der Waals surface area contributed by atoms with Crippen LogP contribution in [0, 0.1) is 6.92 Å². The first-order chi connectivity index (χ1) is 8.63. The number of rotatable bonds is 7. The summed E-state index contributed by atoms with van der Waals surface area (Å²) in [5.74, 6) is 0.307. The molecule has 18 heavy (non-hydrogen) atoms. The zero-order chi connectivity index (χ0) is 13.4. The van der Waals surface area contributed by atoms with E-state index < -0.39 is 0 Å². The van der Waals surface area contributed by atoms with Gasteiger partial charge in [0.2, 0.25) is 0 Å². The molecule has 0 fully saturated rings. The standard InChI is InChI=1S/C14H23N3O/c1-11-6-8-13(9-7-11)12(2)16-10-4-3-5-14(15)17-18/h6-9,12,16,18H,3-5,10H2,1-2H3,(H2,15,17)/t12-/m0/s1. The van der Waals surface area contributed by atoms with E-state index in [9.17, 15) is 0 Å². The molecule has 0 heterocycles. The second-order valence-electron chi connectivity index (χ2n) is 4.63. The van der Waals surface area contributed by atoms with Gasteiger partial charge in [-0.1, -0.05) is 35.0 Å². The first kappa shape index (κ1) is 14.5. The molecule has 0 aliphatic heterocycles. The van der Waals surface area contributed by atoms with Gasteiger partial charge >= 0.3 is 0 Å². The maximum absolute atomic E-state index is 8.40. The zero-order valence-electron chi connectivity index (χ0n) is 11.2. The molecule has 0 saturated carbocycles. The van der Waals surface area contributed by atoms with Crippen molar-refractivity contribution < 1.29 is 5.21 Å². The van der Waals surface area contributed by atoms with Crippen molar-refractivity contribution in [1.29, 1.82) is 0 Å². The van der Waals surface area contributed by atoms with Crippen molar-refractivity contribution in [2.75, 3.05) is 6.54 Å². The number of benzene rings is 1. The van der Waals surface area contributed by atoms with Crippen LogP contribution in [0.25, 0.3) is 0 Å². The van der Waals surface area contributed by atoms with Gasteiger partial charge in [-0.2, -0.15) is 0 Å². The number of nitrogens with zero attached hydrogens (tertiary/aromatic N) is 1. The molecule has 4 N–H and O–H groups in total. The molecule has 0 radical (unpaired) electrons. The molecule has 0 aliphatic rings. The molecule has 100 valence electrons. The highest BCUT2D eigenvalue weighted by atomic mass is 16.4. The van der Waals surface area contributed by atoms with E-state index in [1.54, 1.807) is 0 Å². The van der Waals surface area contributed by atoms with Crippen LogP contribution >= 0.6 is 0 Å². The molecule has 0 unspecified atom stereocenters. The lowest BCUT2D eigenvalue weighted by Crippen LogP contribution is -2.20. The zero-order valence-corrected chi connectivity index (χ0v) is 11.2. The summed E-state index contributed by atoms with van der Waals surface area (Å²) in [6.45, 7) is 5.19. The van der Waals surface area contributed by atoms with Crippen molar-refractivity contribution >= 4 is 5.84 Å². The fraction of sp³-hybridized carbons (Fsp3) is 0.500. The molecule has 4 nitrogen and oxygen atoms in total. The molecule has 0 aliphatic carbocycles. The highest BCUT2D eigenvalue weighted by Crippen LogP contribution is 2.12. The normalized spacial score (nSPS) is 13.6. The van der Waals surface area contributed by atoms with Crippen LogP contribution in [0.3, 0.4) is 0 Å². The monoisotopic (exact) mass is 249 g/mol. The summed E-state index contributed by atoms with van der Waals surface area (Å²) in [6.07, 6.45) is 2.60. The Bertz CT molecular complexity index is 373. The molecule has 4 heteroatoms. The minimum absolute atomic E-state index is 0.307. The van der Waals surface area contributed by atoms with Gasteiger partial charge in [-0.05, 0) is 38.8 Å². The average Bonchev–Trinajstić information content (AvgIpc) is 2.38. The predicted octanol–water partition coefficient (Wildman–Crippen LogP) is 2.56. The largest absolute Gasteiger partial charge is 0.409 e. The van der Waals surface area contributed by atoms with E-state index in [2.05, 4.69) is 48.6 Å². The highest BCUT2D eigenvalue weighted by molar-refractivity contribution is 5.79. The van der Waals surface area contributed by atoms with Crippen LogP contribution < -0.4 is 11.1 Å². The number of nitrogens with one attached hydrogen (secondary N) is 1. The lowest BCUT2D eigenvalue weighted by atomic mass is 10.1. The SMILES string of the molecule is Cc1ccc([C@H](C)NCCCC/C(N)=N/O)cc1. The van der Waals surface area contributed by atoms with Gasteiger partial charge in [-0.3, -0.25) is 0 Å². The Kier molecular flexibility index (Phi) is 6.22. The molecule has 0 bridgehead atoms. The van der Waals surface area contributed by atoms with Gasteiger partial charge in [-0.25, -0.2) is 0 Å². The number of unbranched alkanes of at least 4 members (excludes halogenated alkanes) is 1. The summed E-state index contributed by atoms with van der Waals surface area (Å²) >= 11 is 0. The summed E-state index contributed by atoms with van der Waals surface area (Å²) in [5, 5.41) is 14.8. The van der Waals surface area contributed by atoms with E-state index in [-0.39, 0.29) is 0 Å². The van der Waals surface area contributed by atoms with Crippen LogP contribution in [0.5, 0.6) is 0 Å². The Morgan fingerprint density at radius 3 is 2.61 bits per heavy atom. The van der Waals surface area contributed by atoms with Gasteiger partial charge in [0.05, 0.1) is 0 Å². The molecular weight excluding hydrogens is 226 g/mol. The number of aryl methyl sites for hydroxylation is 1. The topological polar surface area (TPSA) is 70.6 Å². The van der Waals surface area contributed by atoms with Gasteiger partial charge in [0.15, 0.2) is 0 Å². The van der Waals surface area contributed by atoms with E-state index >= 15 is 0 Å². The van der Waals surface area contributed by atoms with E-state index in [4.69, 9.17) is 10.9 Å². The second-order valence-corrected chi connectivity index (χ2v) is 4.63. The van der Waals surface area contributed by atoms with Crippen molar-refractivity contribution in [1.82, 2.24) is 5.32 Å². The lowest BCUT2D eigenvalue weighted by molar-refractivity contribution is 0.316. The average molecular weight is 249 g/mol. The van der Waals surface area contributed by atoms with Crippen molar-refractivity contribution in [3.8, 4) is 0 Å². The first-order valence-corrected chi connectivity index (χ1v) is 6.40. The molecule has 1 atom stereocenters. The second kappa shape index (κ2) is 7.71. The highest BCUT2D eigenvalue weighted by Gasteiger charge is 2.03. The Labute approximate surface area is 109 Å². The minimum Gasteiger partial charge on any atom is -0.409 e. The fourth-order valence-corrected chi connectivity index (χ4v) is 1.77. The van der Waals surface area contributed by atoms with E-state index in [0.29, 0.717) is 18.3 Å². The summed E-state index contributed by atoms with van der Waals surface area (Å²) in [5.41, 5.74) is 7.98. The third-order valence-electron chi connectivity index (χ3n) is 3.02. The van der Waals surface area contributed by atoms with Crippen LogP contribution in [0.1, 0.15) is 43.4 Å². The van der Waals surface area contributed by atoms with Gasteiger partial charge in [0.1, 0.15) is 5.84 Å². The van der Waals surface area contributed by atoms with E-state index in [1.165, 1.54) is 11.1 Å². The Balaban J connectivity index is 2.21. The van der Waals surface area contributed by atoms with Crippen LogP contribution in [-0.2, 0) is 0 Å². The minimum atomic E-state index is 0.307. The molecule has 0 spiro atoms. The summed E-state index contributed by atoms with van der Waals surface area (Å²) in [4.78, 5) is 0. The summed E-state index contributed by atoms with van der Waals surface area (Å²) in [6, 6.07) is 8.93. The van der Waals surface area contributed by atoms with Crippen LogP contribution in [-0.4, -0.2) is 17.6 Å². The van der Waals surface area contributed by atoms with Crippen LogP contribution in [0.15, 0.2) is 29.4 Å². The summed E-state index contributed by atoms with van der Waals surface area (Å²) in [7, 11) is 0. The number of nitrogens with two attached hydrogens (primary N) is 1. The van der Waals surface area contributed by atoms with Gasteiger partial charge in [-0.15, -0.1) is 0 Å². The number of amidine groups is 1. The Morgan fingerprint density at radius 2 is 2.00 bits per heavy atom. The molecule has 0 aromatic heterocycles. The molecular formula is C14H23N3O. The van der Waals surface area contributed by atoms with Crippen molar-refractivity contribution in [2.24, 2.45) is 10.9 Å². The van der Waals surface area contributed by atoms with Crippen molar-refractivity contribution in [3.63, 3.8) is 0 Å². The Hall–Kier alpha value is -1.55. The predicted molar refractivity (Wildman–Crippen MR) is 74.9 cm³/mol. The maximum atomic E-state index is 8.40. The Morgan fingerprint density at radius 1 is 1.33 bits per heavy atom. The molecule has 1 aromatic rings. The fourth-order valence-electron chi connectivity index (χ4n) is 1.77. The number of hydrogen-bond acceptors (Lipinski definition) is 3. The number of hydrogen-bond donors (Lipinski definition) is 3. The third-order valence-corrected chi connectivity index (χ3v) is 3.02. The third kappa shape index (κ3) is 5.19. The first-order valence-electron chi connectivity index (χ1n) is 6.40. The van der Waals surface area contributed by atoms with Crippen molar-refractivity contribution in [3.05, 3.63) is 35.4 Å².